The van der Waals surface area contributed by atoms with Crippen molar-refractivity contribution in [3.8, 4) is 17.6 Å². The number of halogens is 4. The van der Waals surface area contributed by atoms with E-state index in [1.807, 2.05) is 6.07 Å². The van der Waals surface area contributed by atoms with Gasteiger partial charge >= 0.3 is 6.18 Å². The van der Waals surface area contributed by atoms with Crippen LogP contribution in [0.25, 0.3) is 10.9 Å². The Morgan fingerprint density at radius 3 is 2.52 bits per heavy atom. The Kier molecular flexibility index (Phi) is 11.0. The zero-order valence-corrected chi connectivity index (χ0v) is 25.4. The molecule has 1 fully saturated rings. The van der Waals surface area contributed by atoms with Crippen LogP contribution in [-0.2, 0) is 21.3 Å². The first-order valence-electron chi connectivity index (χ1n) is 14.1. The molecule has 0 amide bonds. The lowest BCUT2D eigenvalue weighted by Gasteiger charge is -2.35. The molecule has 0 spiro atoms. The molecular formula is C30H37F4N5O4S. The summed E-state index contributed by atoms with van der Waals surface area (Å²) in [6.07, 6.45) is -0.579. The van der Waals surface area contributed by atoms with Crippen molar-refractivity contribution in [3.63, 3.8) is 0 Å². The SMILES string of the molecule is COCCN(C)C1CCC(Nc2cccc3c2cc(C#CCNc2ccc(S(N)(=O)=O)cc2OCF)n3CC(F)(F)F)CC1. The van der Waals surface area contributed by atoms with E-state index in [1.165, 1.54) is 12.1 Å². The molecule has 240 valence electrons. The van der Waals surface area contributed by atoms with Crippen molar-refractivity contribution in [2.45, 2.75) is 55.4 Å². The van der Waals surface area contributed by atoms with Crippen molar-refractivity contribution in [3.05, 3.63) is 48.2 Å². The number of sulfonamides is 1. The Labute approximate surface area is 254 Å². The molecule has 0 unspecified atom stereocenters. The molecule has 0 bridgehead atoms. The number of nitrogens with two attached hydrogens (primary N) is 1. The van der Waals surface area contributed by atoms with E-state index in [0.717, 1.165) is 48.5 Å². The zero-order valence-electron chi connectivity index (χ0n) is 24.6. The molecule has 1 aliphatic carbocycles. The van der Waals surface area contributed by atoms with Crippen molar-refractivity contribution in [2.24, 2.45) is 5.14 Å². The maximum Gasteiger partial charge on any atom is 0.406 e. The van der Waals surface area contributed by atoms with E-state index in [-0.39, 0.29) is 34.6 Å². The molecule has 1 heterocycles. The lowest BCUT2D eigenvalue weighted by Crippen LogP contribution is -2.39. The van der Waals surface area contributed by atoms with Gasteiger partial charge in [-0.15, -0.1) is 0 Å². The van der Waals surface area contributed by atoms with Gasteiger partial charge in [0.05, 0.1) is 34.9 Å². The van der Waals surface area contributed by atoms with Crippen LogP contribution < -0.4 is 20.5 Å². The second-order valence-electron chi connectivity index (χ2n) is 10.7. The van der Waals surface area contributed by atoms with Crippen LogP contribution in [0.3, 0.4) is 0 Å². The van der Waals surface area contributed by atoms with Gasteiger partial charge in [0.2, 0.25) is 16.9 Å². The van der Waals surface area contributed by atoms with Gasteiger partial charge in [-0.05, 0) is 69.0 Å². The number of hydrogen-bond acceptors (Lipinski definition) is 7. The van der Waals surface area contributed by atoms with E-state index in [4.69, 9.17) is 14.6 Å². The highest BCUT2D eigenvalue weighted by Crippen LogP contribution is 2.33. The first-order valence-corrected chi connectivity index (χ1v) is 15.7. The van der Waals surface area contributed by atoms with Gasteiger partial charge in [0.1, 0.15) is 12.3 Å². The predicted octanol–water partition coefficient (Wildman–Crippen LogP) is 4.92. The largest absolute Gasteiger partial charge is 0.461 e. The Morgan fingerprint density at radius 1 is 1.11 bits per heavy atom. The maximum absolute atomic E-state index is 13.6. The van der Waals surface area contributed by atoms with Crippen LogP contribution in [-0.4, -0.2) is 76.9 Å². The highest BCUT2D eigenvalue weighted by Gasteiger charge is 2.30. The van der Waals surface area contributed by atoms with Crippen LogP contribution in [0.5, 0.6) is 5.75 Å². The fourth-order valence-electron chi connectivity index (χ4n) is 5.44. The Hall–Kier alpha value is -3.51. The van der Waals surface area contributed by atoms with Gasteiger partial charge in [0.25, 0.3) is 0 Å². The third-order valence-corrected chi connectivity index (χ3v) is 8.60. The number of alkyl halides is 4. The number of aromatic nitrogens is 1. The number of fused-ring (bicyclic) bond motifs is 1. The second-order valence-corrected chi connectivity index (χ2v) is 12.3. The van der Waals surface area contributed by atoms with Crippen LogP contribution in [0.2, 0.25) is 0 Å². The molecule has 4 rings (SSSR count). The monoisotopic (exact) mass is 639 g/mol. The lowest BCUT2D eigenvalue weighted by atomic mass is 9.90. The molecule has 0 saturated heterocycles. The number of anilines is 2. The summed E-state index contributed by atoms with van der Waals surface area (Å²) in [5.41, 5.74) is 1.59. The molecule has 1 aromatic heterocycles. The minimum Gasteiger partial charge on any atom is -0.461 e. The van der Waals surface area contributed by atoms with Crippen LogP contribution >= 0.6 is 0 Å². The minimum atomic E-state index is -4.47. The summed E-state index contributed by atoms with van der Waals surface area (Å²) in [6.45, 7) is -0.926. The summed E-state index contributed by atoms with van der Waals surface area (Å²) in [7, 11) is -0.256. The van der Waals surface area contributed by atoms with E-state index in [0.29, 0.717) is 23.6 Å². The molecule has 0 aliphatic heterocycles. The van der Waals surface area contributed by atoms with Gasteiger partial charge in [0, 0.05) is 42.9 Å². The van der Waals surface area contributed by atoms with Gasteiger partial charge in [0.15, 0.2) is 0 Å². The summed E-state index contributed by atoms with van der Waals surface area (Å²) in [6, 6.07) is 11.2. The minimum absolute atomic E-state index is 0.0436. The molecule has 9 nitrogen and oxygen atoms in total. The molecule has 1 saturated carbocycles. The Bertz CT molecular complexity index is 1590. The van der Waals surface area contributed by atoms with Gasteiger partial charge in [-0.2, -0.15) is 13.2 Å². The van der Waals surface area contributed by atoms with E-state index in [2.05, 4.69) is 34.4 Å². The first kappa shape index (κ1) is 33.4. The van der Waals surface area contributed by atoms with Crippen molar-refractivity contribution < 1.29 is 35.5 Å². The van der Waals surface area contributed by atoms with Crippen LogP contribution in [0.4, 0.5) is 28.9 Å². The number of benzene rings is 2. The molecule has 3 aromatic rings. The zero-order chi connectivity index (χ0) is 31.9. The van der Waals surface area contributed by atoms with Crippen molar-refractivity contribution in [1.82, 2.24) is 9.47 Å². The fourth-order valence-corrected chi connectivity index (χ4v) is 5.97. The second kappa shape index (κ2) is 14.5. The quantitative estimate of drug-likeness (QED) is 0.191. The summed E-state index contributed by atoms with van der Waals surface area (Å²) < 4.78 is 88.2. The molecule has 14 heteroatoms. The van der Waals surface area contributed by atoms with Crippen LogP contribution in [0.15, 0.2) is 47.4 Å². The lowest BCUT2D eigenvalue weighted by molar-refractivity contribution is -0.140. The number of hydrogen-bond donors (Lipinski definition) is 3. The molecule has 2 aromatic carbocycles. The Balaban J connectivity index is 1.53. The third kappa shape index (κ3) is 8.78. The summed E-state index contributed by atoms with van der Waals surface area (Å²) >= 11 is 0. The number of nitrogens with one attached hydrogen (secondary N) is 2. The van der Waals surface area contributed by atoms with E-state index in [9.17, 15) is 26.0 Å². The average molecular weight is 640 g/mol. The third-order valence-electron chi connectivity index (χ3n) is 7.69. The van der Waals surface area contributed by atoms with E-state index < -0.39 is 29.6 Å². The molecule has 44 heavy (non-hydrogen) atoms. The van der Waals surface area contributed by atoms with Crippen molar-refractivity contribution in [2.75, 3.05) is 51.3 Å². The standard InChI is InChI=1S/C30H37F4N5O4S/c1-38(15-16-42-2)22-10-8-21(9-11-22)37-26-6-3-7-28-25(26)17-23(39(28)19-30(32,33)34)5-4-14-36-27-13-12-24(44(35,40)41)18-29(27)43-20-31/h3,6-7,12-13,17-18,21-22,36-37H,8-11,14-16,19-20H2,1-2H3,(H2,35,40,41). The van der Waals surface area contributed by atoms with E-state index in [1.54, 1.807) is 25.3 Å². The van der Waals surface area contributed by atoms with Gasteiger partial charge in [-0.3, -0.25) is 0 Å². The van der Waals surface area contributed by atoms with Crippen molar-refractivity contribution >= 4 is 32.3 Å². The predicted molar refractivity (Wildman–Crippen MR) is 162 cm³/mol. The number of primary sulfonamides is 1. The summed E-state index contributed by atoms with van der Waals surface area (Å²) in [4.78, 5) is 2.05. The smallest absolute Gasteiger partial charge is 0.406 e. The van der Waals surface area contributed by atoms with Gasteiger partial charge in [-0.25, -0.2) is 17.9 Å². The number of likely N-dealkylation sites (N-methyl/N-ethyl adjacent to an activating group) is 1. The molecule has 0 radical (unpaired) electrons. The number of methoxy groups -OCH3 is 1. The van der Waals surface area contributed by atoms with Gasteiger partial charge in [-0.1, -0.05) is 12.0 Å². The number of rotatable bonds is 12. The van der Waals surface area contributed by atoms with Crippen LogP contribution in [0, 0.1) is 11.8 Å². The van der Waals surface area contributed by atoms with Crippen LogP contribution in [0.1, 0.15) is 31.4 Å². The topological polar surface area (TPSA) is 111 Å². The molecule has 4 N–H and O–H groups in total. The molecule has 1 aliphatic rings. The molecular weight excluding hydrogens is 602 g/mol. The number of nitrogens with zero attached hydrogens (tertiary/aromatic N) is 2. The molecule has 0 atom stereocenters. The average Bonchev–Trinajstić information content (AvgIpc) is 3.31. The van der Waals surface area contributed by atoms with Gasteiger partial charge < -0.3 is 29.6 Å². The summed E-state index contributed by atoms with van der Waals surface area (Å²) in [5.74, 6) is 5.53. The first-order chi connectivity index (χ1) is 20.9. The fraction of sp³-hybridized carbons (Fsp3) is 0.467. The maximum atomic E-state index is 13.6. The normalized spacial score (nSPS) is 17.4. The highest BCUT2D eigenvalue weighted by molar-refractivity contribution is 7.89. The summed E-state index contributed by atoms with van der Waals surface area (Å²) in [5, 5.41) is 12.2. The number of ether oxygens (including phenoxy) is 2. The van der Waals surface area contributed by atoms with Crippen molar-refractivity contribution in [1.29, 1.82) is 0 Å². The van der Waals surface area contributed by atoms with E-state index >= 15 is 0 Å². The Morgan fingerprint density at radius 2 is 1.86 bits per heavy atom. The highest BCUT2D eigenvalue weighted by atomic mass is 32.2.